The Balaban J connectivity index is 2.01. The Hall–Kier alpha value is -2.02. The number of rotatable bonds is 10. The summed E-state index contributed by atoms with van der Waals surface area (Å²) in [7, 11) is 1.73. The molecule has 3 rings (SSSR count). The van der Waals surface area contributed by atoms with Gasteiger partial charge in [-0.3, -0.25) is 9.80 Å². The number of nitrogens with zero attached hydrogens (tertiary/aromatic N) is 4. The van der Waals surface area contributed by atoms with E-state index in [2.05, 4.69) is 55.7 Å². The van der Waals surface area contributed by atoms with Crippen LogP contribution in [0.15, 0.2) is 18.2 Å². The second-order valence-electron chi connectivity index (χ2n) is 8.62. The third-order valence-corrected chi connectivity index (χ3v) is 6.68. The number of hydrogen-bond donors (Lipinski definition) is 1. The van der Waals surface area contributed by atoms with Gasteiger partial charge >= 0.3 is 0 Å². The molecular formula is C26H40N4O2. The van der Waals surface area contributed by atoms with Crippen LogP contribution in [0, 0.1) is 6.92 Å². The zero-order chi connectivity index (χ0) is 23.1. The smallest absolute Gasteiger partial charge is 0.221 e. The van der Waals surface area contributed by atoms with Crippen molar-refractivity contribution in [1.29, 1.82) is 0 Å². The predicted octanol–water partition coefficient (Wildman–Crippen LogP) is 4.04. The zero-order valence-electron chi connectivity index (χ0n) is 20.5. The Morgan fingerprint density at radius 1 is 1.03 bits per heavy atom. The molecule has 6 heteroatoms. The molecule has 1 aromatic heterocycles. The van der Waals surface area contributed by atoms with Gasteiger partial charge in [0.05, 0.1) is 25.0 Å². The summed E-state index contributed by atoms with van der Waals surface area (Å²) in [6, 6.07) is 6.73. The van der Waals surface area contributed by atoms with Gasteiger partial charge in [-0.05, 0) is 37.3 Å². The molecule has 0 amide bonds. The molecule has 0 saturated carbocycles. The van der Waals surface area contributed by atoms with Crippen LogP contribution in [0.5, 0.6) is 5.88 Å². The van der Waals surface area contributed by atoms with Crippen LogP contribution in [-0.2, 0) is 12.8 Å². The summed E-state index contributed by atoms with van der Waals surface area (Å²) in [5.74, 6) is 1.48. The first-order valence-electron chi connectivity index (χ1n) is 12.2. The molecule has 0 aliphatic carbocycles. The number of β-amino-alcohol motifs (C(OH)–C–C–N with tert-alkyl or cyclic N) is 1. The maximum atomic E-state index is 9.27. The van der Waals surface area contributed by atoms with Gasteiger partial charge < -0.3 is 9.84 Å². The van der Waals surface area contributed by atoms with Crippen LogP contribution in [0.2, 0.25) is 0 Å². The molecule has 0 spiro atoms. The van der Waals surface area contributed by atoms with Gasteiger partial charge in [0.25, 0.3) is 0 Å². The monoisotopic (exact) mass is 440 g/mol. The quantitative estimate of drug-likeness (QED) is 0.602. The topological polar surface area (TPSA) is 61.7 Å². The lowest BCUT2D eigenvalue weighted by Gasteiger charge is -2.39. The first-order chi connectivity index (χ1) is 15.6. The van der Waals surface area contributed by atoms with E-state index >= 15 is 0 Å². The Morgan fingerprint density at radius 3 is 2.22 bits per heavy atom. The minimum absolute atomic E-state index is 0.222. The van der Waals surface area contributed by atoms with Gasteiger partial charge in [0.1, 0.15) is 0 Å². The van der Waals surface area contributed by atoms with Gasteiger partial charge in [0.15, 0.2) is 5.82 Å². The van der Waals surface area contributed by atoms with Crippen molar-refractivity contribution < 1.29 is 9.84 Å². The number of benzene rings is 1. The van der Waals surface area contributed by atoms with Crippen LogP contribution < -0.4 is 4.74 Å². The molecule has 1 aliphatic rings. The van der Waals surface area contributed by atoms with Crippen molar-refractivity contribution in [3.05, 3.63) is 40.6 Å². The van der Waals surface area contributed by atoms with E-state index in [1.807, 2.05) is 0 Å². The van der Waals surface area contributed by atoms with Crippen LogP contribution in [0.4, 0.5) is 0 Å². The van der Waals surface area contributed by atoms with Crippen molar-refractivity contribution in [2.24, 2.45) is 0 Å². The Morgan fingerprint density at radius 2 is 1.69 bits per heavy atom. The molecule has 2 aromatic rings. The standard InChI is InChI=1S/C26H40N4O2/c1-6-10-22(30-15-13-29(14-16-30)17-18-31)23-19(4)27-25(28-26(23)32-5)24-20(7-2)11-9-12-21(24)8-3/h9,11-12,22,31H,6-8,10,13-18H2,1-5H3. The maximum absolute atomic E-state index is 9.27. The van der Waals surface area contributed by atoms with Crippen LogP contribution in [0.1, 0.15) is 62.0 Å². The summed E-state index contributed by atoms with van der Waals surface area (Å²) in [6.07, 6.45) is 4.04. The summed E-state index contributed by atoms with van der Waals surface area (Å²) >= 11 is 0. The van der Waals surface area contributed by atoms with Crippen molar-refractivity contribution in [2.45, 2.75) is 59.4 Å². The lowest BCUT2D eigenvalue weighted by molar-refractivity contribution is 0.0784. The van der Waals surface area contributed by atoms with Crippen molar-refractivity contribution in [1.82, 2.24) is 19.8 Å². The number of aliphatic hydroxyl groups excluding tert-OH is 1. The van der Waals surface area contributed by atoms with Crippen molar-refractivity contribution in [3.63, 3.8) is 0 Å². The first kappa shape index (κ1) is 24.6. The summed E-state index contributed by atoms with van der Waals surface area (Å²) in [5, 5.41) is 9.27. The van der Waals surface area contributed by atoms with E-state index in [9.17, 15) is 5.11 Å². The highest BCUT2D eigenvalue weighted by Crippen LogP contribution is 2.37. The minimum atomic E-state index is 0.222. The van der Waals surface area contributed by atoms with E-state index < -0.39 is 0 Å². The van der Waals surface area contributed by atoms with Gasteiger partial charge in [-0.15, -0.1) is 0 Å². The number of ether oxygens (including phenoxy) is 1. The molecule has 1 N–H and O–H groups in total. The van der Waals surface area contributed by atoms with Crippen molar-refractivity contribution >= 4 is 0 Å². The van der Waals surface area contributed by atoms with Crippen LogP contribution in [0.3, 0.4) is 0 Å². The fourth-order valence-corrected chi connectivity index (χ4v) is 4.96. The van der Waals surface area contributed by atoms with E-state index in [4.69, 9.17) is 14.7 Å². The first-order valence-corrected chi connectivity index (χ1v) is 12.2. The molecule has 1 saturated heterocycles. The number of hydrogen-bond acceptors (Lipinski definition) is 6. The molecule has 6 nitrogen and oxygen atoms in total. The van der Waals surface area contributed by atoms with Crippen molar-refractivity contribution in [3.8, 4) is 17.3 Å². The Bertz CT molecular complexity index is 856. The lowest BCUT2D eigenvalue weighted by atomic mass is 9.95. The maximum Gasteiger partial charge on any atom is 0.221 e. The third kappa shape index (κ3) is 5.30. The number of aryl methyl sites for hydroxylation is 3. The number of aliphatic hydroxyl groups is 1. The Kier molecular flexibility index (Phi) is 9.02. The Labute approximate surface area is 193 Å². The highest BCUT2D eigenvalue weighted by molar-refractivity contribution is 5.66. The number of methoxy groups -OCH3 is 1. The molecule has 0 radical (unpaired) electrons. The number of piperazine rings is 1. The van der Waals surface area contributed by atoms with Crippen LogP contribution >= 0.6 is 0 Å². The fourth-order valence-electron chi connectivity index (χ4n) is 4.96. The highest BCUT2D eigenvalue weighted by atomic mass is 16.5. The van der Waals surface area contributed by atoms with E-state index in [-0.39, 0.29) is 12.6 Å². The molecule has 1 aromatic carbocycles. The van der Waals surface area contributed by atoms with Crippen LogP contribution in [0.25, 0.3) is 11.4 Å². The van der Waals surface area contributed by atoms with E-state index in [0.717, 1.165) is 81.1 Å². The van der Waals surface area contributed by atoms with Gasteiger partial charge in [0, 0.05) is 44.3 Å². The molecular weight excluding hydrogens is 400 g/mol. The van der Waals surface area contributed by atoms with Gasteiger partial charge in [-0.1, -0.05) is 45.4 Å². The summed E-state index contributed by atoms with van der Waals surface area (Å²) in [4.78, 5) is 14.9. The molecule has 1 fully saturated rings. The molecule has 1 aliphatic heterocycles. The SMILES string of the molecule is CCCC(c1c(C)nc(-c2c(CC)cccc2CC)nc1OC)N1CCN(CCO)CC1. The average molecular weight is 441 g/mol. The van der Waals surface area contributed by atoms with Gasteiger partial charge in [0.2, 0.25) is 5.88 Å². The van der Waals surface area contributed by atoms with Gasteiger partial charge in [-0.2, -0.15) is 4.98 Å². The molecule has 1 atom stereocenters. The van der Waals surface area contributed by atoms with Crippen LogP contribution in [-0.4, -0.2) is 71.3 Å². The lowest BCUT2D eigenvalue weighted by Crippen LogP contribution is -2.48. The van der Waals surface area contributed by atoms with E-state index in [0.29, 0.717) is 5.88 Å². The molecule has 1 unspecified atom stereocenters. The fraction of sp³-hybridized carbons (Fsp3) is 0.615. The average Bonchev–Trinajstić information content (AvgIpc) is 2.82. The molecule has 176 valence electrons. The second kappa shape index (κ2) is 11.7. The summed E-state index contributed by atoms with van der Waals surface area (Å²) in [6.45, 7) is 13.6. The predicted molar refractivity (Wildman–Crippen MR) is 130 cm³/mol. The van der Waals surface area contributed by atoms with Gasteiger partial charge in [-0.25, -0.2) is 4.98 Å². The zero-order valence-corrected chi connectivity index (χ0v) is 20.5. The molecule has 0 bridgehead atoms. The normalized spacial score (nSPS) is 16.3. The number of aromatic nitrogens is 2. The van der Waals surface area contributed by atoms with Crippen molar-refractivity contribution in [2.75, 3.05) is 46.4 Å². The van der Waals surface area contributed by atoms with E-state index in [1.165, 1.54) is 11.1 Å². The third-order valence-electron chi connectivity index (χ3n) is 6.68. The summed E-state index contributed by atoms with van der Waals surface area (Å²) in [5.41, 5.74) is 5.86. The largest absolute Gasteiger partial charge is 0.481 e. The van der Waals surface area contributed by atoms with E-state index in [1.54, 1.807) is 7.11 Å². The molecule has 32 heavy (non-hydrogen) atoms. The minimum Gasteiger partial charge on any atom is -0.481 e. The highest BCUT2D eigenvalue weighted by Gasteiger charge is 2.30. The second-order valence-corrected chi connectivity index (χ2v) is 8.62. The summed E-state index contributed by atoms with van der Waals surface area (Å²) < 4.78 is 5.89. The molecule has 2 heterocycles.